The molecule has 0 saturated carbocycles. The average Bonchev–Trinajstić information content (AvgIpc) is 2.19. The van der Waals surface area contributed by atoms with E-state index in [1.54, 1.807) is 19.1 Å². The maximum atomic E-state index is 13.4. The Balaban J connectivity index is 2.74. The second-order valence-electron chi connectivity index (χ2n) is 3.09. The maximum Gasteiger partial charge on any atom is 0.141 e. The zero-order valence-corrected chi connectivity index (χ0v) is 8.52. The van der Waals surface area contributed by atoms with Crippen molar-refractivity contribution < 1.29 is 4.39 Å². The van der Waals surface area contributed by atoms with Crippen molar-refractivity contribution in [1.29, 1.82) is 0 Å². The lowest BCUT2D eigenvalue weighted by Gasteiger charge is -1.97. The molecule has 1 nitrogen and oxygen atoms in total. The number of aryl methyl sites for hydroxylation is 1. The molecule has 0 bridgehead atoms. The van der Waals surface area contributed by atoms with Crippen molar-refractivity contribution in [1.82, 2.24) is 5.32 Å². The molecular formula is C12H14FN. The van der Waals surface area contributed by atoms with Gasteiger partial charge in [0.05, 0.1) is 5.56 Å². The van der Waals surface area contributed by atoms with Crippen molar-refractivity contribution >= 4 is 0 Å². The summed E-state index contributed by atoms with van der Waals surface area (Å²) >= 11 is 0. The highest BCUT2D eigenvalue weighted by Crippen LogP contribution is 2.10. The van der Waals surface area contributed by atoms with Gasteiger partial charge in [0.1, 0.15) is 5.82 Å². The van der Waals surface area contributed by atoms with Gasteiger partial charge in [0, 0.05) is 13.0 Å². The molecule has 0 atom stereocenters. The van der Waals surface area contributed by atoms with E-state index in [0.29, 0.717) is 11.1 Å². The van der Waals surface area contributed by atoms with Crippen LogP contribution in [-0.4, -0.2) is 13.6 Å². The van der Waals surface area contributed by atoms with Gasteiger partial charge in [-0.1, -0.05) is 24.0 Å². The number of hydrogen-bond donors (Lipinski definition) is 1. The van der Waals surface area contributed by atoms with Crippen molar-refractivity contribution in [2.75, 3.05) is 13.6 Å². The van der Waals surface area contributed by atoms with E-state index in [9.17, 15) is 4.39 Å². The quantitative estimate of drug-likeness (QED) is 0.557. The molecule has 0 aliphatic heterocycles. The van der Waals surface area contributed by atoms with Gasteiger partial charge in [0.15, 0.2) is 0 Å². The van der Waals surface area contributed by atoms with E-state index in [1.165, 1.54) is 0 Å². The summed E-state index contributed by atoms with van der Waals surface area (Å²) in [5.74, 6) is 5.54. The lowest BCUT2D eigenvalue weighted by Crippen LogP contribution is -2.05. The summed E-state index contributed by atoms with van der Waals surface area (Å²) in [6.45, 7) is 2.58. The normalized spacial score (nSPS) is 9.36. The van der Waals surface area contributed by atoms with Crippen LogP contribution in [0, 0.1) is 24.6 Å². The Morgan fingerprint density at radius 2 is 2.21 bits per heavy atom. The van der Waals surface area contributed by atoms with Gasteiger partial charge >= 0.3 is 0 Å². The first-order chi connectivity index (χ1) is 6.75. The number of halogens is 1. The first-order valence-corrected chi connectivity index (χ1v) is 4.64. The van der Waals surface area contributed by atoms with E-state index in [2.05, 4.69) is 17.2 Å². The van der Waals surface area contributed by atoms with Crippen molar-refractivity contribution in [3.05, 3.63) is 35.1 Å². The number of nitrogens with one attached hydrogen (secondary N) is 1. The zero-order chi connectivity index (χ0) is 10.4. The van der Waals surface area contributed by atoms with E-state index in [-0.39, 0.29) is 5.82 Å². The standard InChI is InChI=1S/C12H14FN/c1-10-6-5-8-11(12(10)13)7-3-4-9-14-2/h5-6,8,14H,4,9H2,1-2H3. The molecule has 0 aliphatic carbocycles. The van der Waals surface area contributed by atoms with Gasteiger partial charge in [-0.15, -0.1) is 0 Å². The molecule has 1 N–H and O–H groups in total. The van der Waals surface area contributed by atoms with Gasteiger partial charge in [-0.25, -0.2) is 4.39 Å². The summed E-state index contributed by atoms with van der Waals surface area (Å²) < 4.78 is 13.4. The lowest BCUT2D eigenvalue weighted by atomic mass is 10.1. The van der Waals surface area contributed by atoms with E-state index in [4.69, 9.17) is 0 Å². The molecule has 0 saturated heterocycles. The second-order valence-corrected chi connectivity index (χ2v) is 3.09. The van der Waals surface area contributed by atoms with Crippen LogP contribution < -0.4 is 5.32 Å². The van der Waals surface area contributed by atoms with E-state index in [0.717, 1.165) is 13.0 Å². The van der Waals surface area contributed by atoms with Crippen LogP contribution in [0.3, 0.4) is 0 Å². The second kappa shape index (κ2) is 5.41. The highest BCUT2D eigenvalue weighted by atomic mass is 19.1. The summed E-state index contributed by atoms with van der Waals surface area (Å²) in [6, 6.07) is 5.27. The van der Waals surface area contributed by atoms with Crippen LogP contribution in [0.15, 0.2) is 18.2 Å². The summed E-state index contributed by atoms with van der Waals surface area (Å²) in [6.07, 6.45) is 0.740. The smallest absolute Gasteiger partial charge is 0.141 e. The molecule has 14 heavy (non-hydrogen) atoms. The molecule has 0 fully saturated rings. The highest BCUT2D eigenvalue weighted by Gasteiger charge is 2.00. The zero-order valence-electron chi connectivity index (χ0n) is 8.52. The molecule has 0 aromatic heterocycles. The monoisotopic (exact) mass is 191 g/mol. The first kappa shape index (κ1) is 10.7. The summed E-state index contributed by atoms with van der Waals surface area (Å²) in [7, 11) is 1.87. The number of benzene rings is 1. The van der Waals surface area contributed by atoms with Gasteiger partial charge in [-0.05, 0) is 25.6 Å². The van der Waals surface area contributed by atoms with Crippen molar-refractivity contribution in [2.45, 2.75) is 13.3 Å². The summed E-state index contributed by atoms with van der Waals surface area (Å²) in [5.41, 5.74) is 1.13. The summed E-state index contributed by atoms with van der Waals surface area (Å²) in [5, 5.41) is 2.98. The SMILES string of the molecule is CNCCC#Cc1cccc(C)c1F. The minimum Gasteiger partial charge on any atom is -0.319 e. The fourth-order valence-electron chi connectivity index (χ4n) is 1.09. The van der Waals surface area contributed by atoms with Gasteiger partial charge < -0.3 is 5.32 Å². The number of rotatable bonds is 2. The largest absolute Gasteiger partial charge is 0.319 e. The fourth-order valence-corrected chi connectivity index (χ4v) is 1.09. The van der Waals surface area contributed by atoms with E-state index >= 15 is 0 Å². The molecule has 1 rings (SSSR count). The van der Waals surface area contributed by atoms with Crippen LogP contribution in [0.5, 0.6) is 0 Å². The number of hydrogen-bond acceptors (Lipinski definition) is 1. The Labute approximate surface area is 84.3 Å². The molecule has 1 aromatic rings. The van der Waals surface area contributed by atoms with E-state index < -0.39 is 0 Å². The Bertz CT molecular complexity index is 360. The van der Waals surface area contributed by atoms with Crippen LogP contribution in [0.2, 0.25) is 0 Å². The molecule has 0 spiro atoms. The third-order valence-electron chi connectivity index (χ3n) is 1.91. The minimum atomic E-state index is -0.204. The molecule has 0 radical (unpaired) electrons. The average molecular weight is 191 g/mol. The molecule has 2 heteroatoms. The van der Waals surface area contributed by atoms with Crippen LogP contribution in [0.4, 0.5) is 4.39 Å². The Morgan fingerprint density at radius 3 is 2.93 bits per heavy atom. The molecule has 0 heterocycles. The van der Waals surface area contributed by atoms with Gasteiger partial charge in [-0.2, -0.15) is 0 Å². The van der Waals surface area contributed by atoms with Crippen molar-refractivity contribution in [2.24, 2.45) is 0 Å². The lowest BCUT2D eigenvalue weighted by molar-refractivity contribution is 0.615. The van der Waals surface area contributed by atoms with Gasteiger partial charge in [0.2, 0.25) is 0 Å². The van der Waals surface area contributed by atoms with Gasteiger partial charge in [0.25, 0.3) is 0 Å². The van der Waals surface area contributed by atoms with Crippen molar-refractivity contribution in [3.8, 4) is 11.8 Å². The van der Waals surface area contributed by atoms with E-state index in [1.807, 2.05) is 13.1 Å². The Hall–Kier alpha value is -1.33. The molecule has 0 amide bonds. The van der Waals surface area contributed by atoms with Gasteiger partial charge in [-0.3, -0.25) is 0 Å². The van der Waals surface area contributed by atoms with Crippen LogP contribution in [0.25, 0.3) is 0 Å². The molecular weight excluding hydrogens is 177 g/mol. The Kier molecular flexibility index (Phi) is 4.15. The van der Waals surface area contributed by atoms with Crippen LogP contribution >= 0.6 is 0 Å². The third kappa shape index (κ3) is 2.86. The maximum absolute atomic E-state index is 13.4. The first-order valence-electron chi connectivity index (χ1n) is 4.64. The predicted molar refractivity (Wildman–Crippen MR) is 56.6 cm³/mol. The Morgan fingerprint density at radius 1 is 1.43 bits per heavy atom. The summed E-state index contributed by atoms with van der Waals surface area (Å²) in [4.78, 5) is 0. The predicted octanol–water partition coefficient (Wildman–Crippen LogP) is 2.10. The molecule has 0 unspecified atom stereocenters. The topological polar surface area (TPSA) is 12.0 Å². The van der Waals surface area contributed by atoms with Crippen LogP contribution in [-0.2, 0) is 0 Å². The third-order valence-corrected chi connectivity index (χ3v) is 1.91. The van der Waals surface area contributed by atoms with Crippen LogP contribution in [0.1, 0.15) is 17.5 Å². The molecule has 1 aromatic carbocycles. The fraction of sp³-hybridized carbons (Fsp3) is 0.333. The molecule has 0 aliphatic rings. The minimum absolute atomic E-state index is 0.204. The van der Waals surface area contributed by atoms with Crippen molar-refractivity contribution in [3.63, 3.8) is 0 Å². The molecule has 74 valence electrons. The highest BCUT2D eigenvalue weighted by molar-refractivity contribution is 5.38.